The molecule has 0 aliphatic rings. The maximum Gasteiger partial charge on any atom is 0.306 e. The maximum absolute atomic E-state index is 12.8. The molecule has 0 spiro atoms. The van der Waals surface area contributed by atoms with Crippen LogP contribution in [0.2, 0.25) is 0 Å². The zero-order valence-electron chi connectivity index (χ0n) is 40.4. The van der Waals surface area contributed by atoms with Crippen LogP contribution in [0.15, 0.2) is 48.6 Å². The average Bonchev–Trinajstić information content (AvgIpc) is 3.26. The molecule has 1 atom stereocenters. The van der Waals surface area contributed by atoms with E-state index in [9.17, 15) is 14.4 Å². The summed E-state index contributed by atoms with van der Waals surface area (Å²) < 4.78 is 16.7. The van der Waals surface area contributed by atoms with Crippen LogP contribution >= 0.6 is 0 Å². The molecule has 0 saturated heterocycles. The van der Waals surface area contributed by atoms with E-state index >= 15 is 0 Å². The molecule has 0 aromatic heterocycles. The van der Waals surface area contributed by atoms with Crippen LogP contribution < -0.4 is 0 Å². The van der Waals surface area contributed by atoms with E-state index in [1.807, 2.05) is 0 Å². The molecule has 0 aromatic carbocycles. The Morgan fingerprint density at radius 2 is 0.607 bits per heavy atom. The van der Waals surface area contributed by atoms with Crippen LogP contribution in [0, 0.1) is 0 Å². The number of hydrogen-bond donors (Lipinski definition) is 0. The third-order valence-corrected chi connectivity index (χ3v) is 11.3. The Bertz CT molecular complexity index is 1070. The van der Waals surface area contributed by atoms with E-state index in [1.54, 1.807) is 0 Å². The quantitative estimate of drug-likeness (QED) is 0.0263. The van der Waals surface area contributed by atoms with Crippen LogP contribution in [-0.4, -0.2) is 37.2 Å². The second kappa shape index (κ2) is 50.0. The fraction of sp³-hybridized carbons (Fsp3) is 0.800. The third kappa shape index (κ3) is 48.3. The van der Waals surface area contributed by atoms with Crippen molar-refractivity contribution in [3.63, 3.8) is 0 Å². The van der Waals surface area contributed by atoms with Gasteiger partial charge in [0.05, 0.1) is 0 Å². The first-order valence-electron chi connectivity index (χ1n) is 26.1. The second-order valence-electron chi connectivity index (χ2n) is 17.4. The van der Waals surface area contributed by atoms with Gasteiger partial charge in [0.15, 0.2) is 6.10 Å². The number of carbonyl (C=O) groups is 3. The van der Waals surface area contributed by atoms with Crippen LogP contribution in [0.25, 0.3) is 0 Å². The normalized spacial score (nSPS) is 12.4. The summed E-state index contributed by atoms with van der Waals surface area (Å²) in [5, 5.41) is 0. The highest BCUT2D eigenvalue weighted by molar-refractivity contribution is 5.71. The van der Waals surface area contributed by atoms with Crippen LogP contribution in [0.3, 0.4) is 0 Å². The first kappa shape index (κ1) is 58.4. The number of unbranched alkanes of at least 4 members (excludes halogenated alkanes) is 28. The van der Waals surface area contributed by atoms with Gasteiger partial charge < -0.3 is 14.2 Å². The van der Waals surface area contributed by atoms with Crippen molar-refractivity contribution in [1.82, 2.24) is 0 Å². The molecule has 0 saturated carbocycles. The molecule has 0 amide bonds. The zero-order valence-corrected chi connectivity index (χ0v) is 40.4. The Balaban J connectivity index is 4.42. The summed E-state index contributed by atoms with van der Waals surface area (Å²) in [6.45, 7) is 6.58. The van der Waals surface area contributed by atoms with Gasteiger partial charge in [-0.3, -0.25) is 14.4 Å². The van der Waals surface area contributed by atoms with Crippen molar-refractivity contribution >= 4 is 17.9 Å². The molecule has 0 fully saturated rings. The molecule has 0 radical (unpaired) electrons. The van der Waals surface area contributed by atoms with Gasteiger partial charge in [0.25, 0.3) is 0 Å². The molecule has 61 heavy (non-hydrogen) atoms. The van der Waals surface area contributed by atoms with Crippen molar-refractivity contribution in [3.05, 3.63) is 48.6 Å². The standard InChI is InChI=1S/C55H98O6/c1-4-7-10-13-16-19-22-24-26-28-30-31-33-36-39-42-45-48-54(57)60-51-52(50-59-53(56)47-44-41-38-35-21-18-15-12-9-6-3)61-55(58)49-46-43-40-37-34-32-29-27-25-23-20-17-14-11-8-5-2/h24,26-27,29-31,36,39,52H,4-23,25,28,32-35,37-38,40-51H2,1-3H3/b26-24-,29-27-,31-30-,39-36-. The lowest BCUT2D eigenvalue weighted by Gasteiger charge is -2.18. The highest BCUT2D eigenvalue weighted by atomic mass is 16.6. The van der Waals surface area contributed by atoms with Gasteiger partial charge >= 0.3 is 17.9 Å². The summed E-state index contributed by atoms with van der Waals surface area (Å²) in [6.07, 6.45) is 59.6. The van der Waals surface area contributed by atoms with Crippen LogP contribution in [-0.2, 0) is 28.6 Å². The first-order valence-corrected chi connectivity index (χ1v) is 26.1. The van der Waals surface area contributed by atoms with E-state index in [4.69, 9.17) is 14.2 Å². The molecule has 6 heteroatoms. The molecule has 6 nitrogen and oxygen atoms in total. The Labute approximate surface area is 378 Å². The lowest BCUT2D eigenvalue weighted by Crippen LogP contribution is -2.30. The zero-order chi connectivity index (χ0) is 44.4. The largest absolute Gasteiger partial charge is 0.462 e. The molecule has 354 valence electrons. The summed E-state index contributed by atoms with van der Waals surface area (Å²) in [6, 6.07) is 0. The van der Waals surface area contributed by atoms with E-state index in [1.165, 1.54) is 148 Å². The Morgan fingerprint density at radius 1 is 0.328 bits per heavy atom. The fourth-order valence-corrected chi connectivity index (χ4v) is 7.34. The highest BCUT2D eigenvalue weighted by Crippen LogP contribution is 2.14. The molecular formula is C55H98O6. The lowest BCUT2D eigenvalue weighted by molar-refractivity contribution is -0.167. The monoisotopic (exact) mass is 855 g/mol. The summed E-state index contributed by atoms with van der Waals surface area (Å²) >= 11 is 0. The van der Waals surface area contributed by atoms with Crippen molar-refractivity contribution in [1.29, 1.82) is 0 Å². The van der Waals surface area contributed by atoms with Crippen molar-refractivity contribution in [3.8, 4) is 0 Å². The van der Waals surface area contributed by atoms with Crippen molar-refractivity contribution in [2.45, 2.75) is 271 Å². The minimum Gasteiger partial charge on any atom is -0.462 e. The minimum atomic E-state index is -0.793. The van der Waals surface area contributed by atoms with Gasteiger partial charge in [-0.1, -0.05) is 217 Å². The van der Waals surface area contributed by atoms with Gasteiger partial charge in [0.1, 0.15) is 13.2 Å². The molecule has 0 bridgehead atoms. The number of carbonyl (C=O) groups excluding carboxylic acids is 3. The van der Waals surface area contributed by atoms with Gasteiger partial charge in [-0.15, -0.1) is 0 Å². The number of esters is 3. The maximum atomic E-state index is 12.8. The molecule has 0 aliphatic heterocycles. The van der Waals surface area contributed by atoms with Gasteiger partial charge in [-0.25, -0.2) is 0 Å². The van der Waals surface area contributed by atoms with Gasteiger partial charge in [0, 0.05) is 19.3 Å². The van der Waals surface area contributed by atoms with Crippen molar-refractivity contribution < 1.29 is 28.6 Å². The smallest absolute Gasteiger partial charge is 0.306 e. The molecule has 1 unspecified atom stereocenters. The average molecular weight is 855 g/mol. The van der Waals surface area contributed by atoms with E-state index in [0.717, 1.165) is 70.6 Å². The fourth-order valence-electron chi connectivity index (χ4n) is 7.34. The van der Waals surface area contributed by atoms with Gasteiger partial charge in [0.2, 0.25) is 0 Å². The second-order valence-corrected chi connectivity index (χ2v) is 17.4. The summed E-state index contributed by atoms with van der Waals surface area (Å²) in [7, 11) is 0. The van der Waals surface area contributed by atoms with Gasteiger partial charge in [-0.05, 0) is 77.0 Å². The molecule has 0 heterocycles. The number of hydrogen-bond acceptors (Lipinski definition) is 6. The molecule has 0 aromatic rings. The molecule has 0 N–H and O–H groups in total. The number of ether oxygens (including phenoxy) is 3. The van der Waals surface area contributed by atoms with Crippen LogP contribution in [0.1, 0.15) is 265 Å². The molecular weight excluding hydrogens is 757 g/mol. The van der Waals surface area contributed by atoms with E-state index in [-0.39, 0.29) is 37.5 Å². The third-order valence-electron chi connectivity index (χ3n) is 11.3. The highest BCUT2D eigenvalue weighted by Gasteiger charge is 2.19. The predicted octanol–water partition coefficient (Wildman–Crippen LogP) is 17.1. The van der Waals surface area contributed by atoms with Crippen molar-refractivity contribution in [2.75, 3.05) is 13.2 Å². The lowest BCUT2D eigenvalue weighted by atomic mass is 10.1. The van der Waals surface area contributed by atoms with E-state index in [2.05, 4.69) is 69.4 Å². The molecule has 0 aliphatic carbocycles. The topological polar surface area (TPSA) is 78.9 Å². The Hall–Kier alpha value is -2.63. The van der Waals surface area contributed by atoms with E-state index in [0.29, 0.717) is 19.3 Å². The number of allylic oxidation sites excluding steroid dienone is 8. The Morgan fingerprint density at radius 3 is 1.00 bits per heavy atom. The minimum absolute atomic E-state index is 0.0900. The van der Waals surface area contributed by atoms with Crippen LogP contribution in [0.4, 0.5) is 0 Å². The van der Waals surface area contributed by atoms with Crippen molar-refractivity contribution in [2.24, 2.45) is 0 Å². The van der Waals surface area contributed by atoms with Gasteiger partial charge in [-0.2, -0.15) is 0 Å². The number of rotatable bonds is 47. The molecule has 0 rings (SSSR count). The summed E-state index contributed by atoms with van der Waals surface area (Å²) in [4.78, 5) is 37.9. The SMILES string of the molecule is CCCCCCCC/C=C\C/C=C\C/C=C\CCCC(=O)OCC(COC(=O)CCCCCCCCCCCC)OC(=O)CCCCCCC/C=C\CCCCCCCCC. The Kier molecular flexibility index (Phi) is 47.9. The van der Waals surface area contributed by atoms with Crippen LogP contribution in [0.5, 0.6) is 0 Å². The predicted molar refractivity (Wildman–Crippen MR) is 261 cm³/mol. The van der Waals surface area contributed by atoms with E-state index < -0.39 is 6.10 Å². The first-order chi connectivity index (χ1) is 30.0. The summed E-state index contributed by atoms with van der Waals surface area (Å²) in [5.41, 5.74) is 0. The summed E-state index contributed by atoms with van der Waals surface area (Å²) in [5.74, 6) is -0.948.